The highest BCUT2D eigenvalue weighted by Gasteiger charge is 2.22. The van der Waals surface area contributed by atoms with Crippen molar-refractivity contribution >= 4 is 17.5 Å². The molecule has 0 heterocycles. The molecule has 6 heteroatoms. The number of esters is 1. The molecule has 25 heavy (non-hydrogen) atoms. The standard InChI is InChI=1S/C19H18O6/c1-2-24-19(23)18(22)11-17(21)15-9-8-14(10-16(15)20)25-12-13-6-4-3-5-7-13/h3-10,20H,2,11-12H2,1H3. The molecular formula is C19H18O6. The van der Waals surface area contributed by atoms with Crippen molar-refractivity contribution in [1.82, 2.24) is 0 Å². The topological polar surface area (TPSA) is 89.9 Å². The molecule has 1 N–H and O–H groups in total. The first kappa shape index (κ1) is 18.2. The summed E-state index contributed by atoms with van der Waals surface area (Å²) in [4.78, 5) is 34.9. The van der Waals surface area contributed by atoms with Gasteiger partial charge < -0.3 is 14.6 Å². The van der Waals surface area contributed by atoms with Crippen LogP contribution in [-0.4, -0.2) is 29.2 Å². The van der Waals surface area contributed by atoms with Crippen LogP contribution in [0.15, 0.2) is 48.5 Å². The highest BCUT2D eigenvalue weighted by atomic mass is 16.5. The van der Waals surface area contributed by atoms with Gasteiger partial charge in [-0.15, -0.1) is 0 Å². The predicted octanol–water partition coefficient (Wildman–Crippen LogP) is 2.68. The number of hydrogen-bond acceptors (Lipinski definition) is 6. The minimum atomic E-state index is -1.06. The number of ketones is 2. The van der Waals surface area contributed by atoms with Gasteiger partial charge >= 0.3 is 5.97 Å². The van der Waals surface area contributed by atoms with E-state index in [1.807, 2.05) is 30.3 Å². The number of benzene rings is 2. The van der Waals surface area contributed by atoms with Crippen LogP contribution < -0.4 is 4.74 Å². The predicted molar refractivity (Wildman–Crippen MR) is 89.5 cm³/mol. The van der Waals surface area contributed by atoms with E-state index in [0.717, 1.165) is 5.56 Å². The molecule has 2 aromatic carbocycles. The Morgan fingerprint density at radius 3 is 2.40 bits per heavy atom. The van der Waals surface area contributed by atoms with Crippen LogP contribution in [0.2, 0.25) is 0 Å². The molecule has 0 spiro atoms. The van der Waals surface area contributed by atoms with Gasteiger partial charge in [0.1, 0.15) is 18.1 Å². The molecule has 0 radical (unpaired) electrons. The highest BCUT2D eigenvalue weighted by molar-refractivity contribution is 6.38. The minimum absolute atomic E-state index is 0.0512. The van der Waals surface area contributed by atoms with Gasteiger partial charge in [-0.05, 0) is 24.6 Å². The smallest absolute Gasteiger partial charge is 0.375 e. The van der Waals surface area contributed by atoms with Crippen LogP contribution in [0.1, 0.15) is 29.3 Å². The third kappa shape index (κ3) is 5.17. The average molecular weight is 342 g/mol. The quantitative estimate of drug-likeness (QED) is 0.343. The summed E-state index contributed by atoms with van der Waals surface area (Å²) in [7, 11) is 0. The summed E-state index contributed by atoms with van der Waals surface area (Å²) in [6.45, 7) is 1.93. The number of phenolic OH excluding ortho intramolecular Hbond substituents is 1. The van der Waals surface area contributed by atoms with Crippen molar-refractivity contribution in [2.75, 3.05) is 6.61 Å². The van der Waals surface area contributed by atoms with Gasteiger partial charge in [-0.1, -0.05) is 30.3 Å². The Bertz CT molecular complexity index is 767. The van der Waals surface area contributed by atoms with E-state index in [4.69, 9.17) is 4.74 Å². The molecule has 0 aliphatic rings. The second-order valence-electron chi connectivity index (χ2n) is 5.20. The molecule has 0 amide bonds. The Kier molecular flexibility index (Phi) is 6.28. The van der Waals surface area contributed by atoms with Crippen LogP contribution in [0.5, 0.6) is 11.5 Å². The Labute approximate surface area is 145 Å². The maximum absolute atomic E-state index is 12.0. The van der Waals surface area contributed by atoms with Gasteiger partial charge in [-0.2, -0.15) is 0 Å². The molecule has 0 aliphatic heterocycles. The van der Waals surface area contributed by atoms with Crippen molar-refractivity contribution in [2.24, 2.45) is 0 Å². The zero-order chi connectivity index (χ0) is 18.2. The molecule has 0 unspecified atom stereocenters. The summed E-state index contributed by atoms with van der Waals surface area (Å²) in [6.07, 6.45) is -0.656. The van der Waals surface area contributed by atoms with Gasteiger partial charge in [0.15, 0.2) is 5.78 Å². The first-order valence-electron chi connectivity index (χ1n) is 7.74. The number of aromatic hydroxyl groups is 1. The number of phenols is 1. The summed E-state index contributed by atoms with van der Waals surface area (Å²) >= 11 is 0. The van der Waals surface area contributed by atoms with Crippen LogP contribution in [0.3, 0.4) is 0 Å². The molecule has 0 fully saturated rings. The van der Waals surface area contributed by atoms with E-state index in [9.17, 15) is 19.5 Å². The molecule has 2 aromatic rings. The van der Waals surface area contributed by atoms with E-state index < -0.39 is 24.0 Å². The second kappa shape index (κ2) is 8.63. The summed E-state index contributed by atoms with van der Waals surface area (Å²) in [5, 5.41) is 9.99. The minimum Gasteiger partial charge on any atom is -0.507 e. The van der Waals surface area contributed by atoms with Crippen LogP contribution >= 0.6 is 0 Å². The number of rotatable bonds is 8. The van der Waals surface area contributed by atoms with E-state index in [0.29, 0.717) is 12.4 Å². The van der Waals surface area contributed by atoms with Crippen molar-refractivity contribution in [2.45, 2.75) is 20.0 Å². The molecule has 0 atom stereocenters. The van der Waals surface area contributed by atoms with Gasteiger partial charge in [0.05, 0.1) is 18.6 Å². The fourth-order valence-electron chi connectivity index (χ4n) is 2.10. The van der Waals surface area contributed by atoms with E-state index in [1.54, 1.807) is 6.92 Å². The van der Waals surface area contributed by atoms with Crippen LogP contribution in [0, 0.1) is 0 Å². The lowest BCUT2D eigenvalue weighted by Gasteiger charge is -2.09. The normalized spacial score (nSPS) is 10.1. The monoisotopic (exact) mass is 342 g/mol. The molecular weight excluding hydrogens is 324 g/mol. The number of hydrogen-bond donors (Lipinski definition) is 1. The second-order valence-corrected chi connectivity index (χ2v) is 5.20. The third-order valence-corrected chi connectivity index (χ3v) is 3.34. The van der Waals surface area contributed by atoms with Crippen molar-refractivity contribution in [3.05, 3.63) is 59.7 Å². The third-order valence-electron chi connectivity index (χ3n) is 3.34. The van der Waals surface area contributed by atoms with Gasteiger partial charge in [-0.25, -0.2) is 4.79 Å². The molecule has 0 aliphatic carbocycles. The Morgan fingerprint density at radius 2 is 1.76 bits per heavy atom. The van der Waals surface area contributed by atoms with E-state index in [1.165, 1.54) is 18.2 Å². The van der Waals surface area contributed by atoms with Crippen LogP contribution in [-0.2, 0) is 20.9 Å². The zero-order valence-corrected chi connectivity index (χ0v) is 13.7. The number of ether oxygens (including phenoxy) is 2. The number of carbonyl (C=O) groups excluding carboxylic acids is 3. The molecule has 2 rings (SSSR count). The van der Waals surface area contributed by atoms with Crippen molar-refractivity contribution < 1.29 is 29.0 Å². The van der Waals surface area contributed by atoms with Gasteiger partial charge in [0.2, 0.25) is 5.78 Å². The lowest BCUT2D eigenvalue weighted by atomic mass is 10.0. The molecule has 0 saturated heterocycles. The van der Waals surface area contributed by atoms with E-state index in [2.05, 4.69) is 4.74 Å². The highest BCUT2D eigenvalue weighted by Crippen LogP contribution is 2.25. The van der Waals surface area contributed by atoms with E-state index in [-0.39, 0.29) is 17.9 Å². The molecule has 0 saturated carbocycles. The first-order valence-corrected chi connectivity index (χ1v) is 7.74. The zero-order valence-electron chi connectivity index (χ0n) is 13.7. The summed E-state index contributed by atoms with van der Waals surface area (Å²) < 4.78 is 10.1. The Morgan fingerprint density at radius 1 is 1.04 bits per heavy atom. The Hall–Kier alpha value is -3.15. The fourth-order valence-corrected chi connectivity index (χ4v) is 2.10. The van der Waals surface area contributed by atoms with Crippen LogP contribution in [0.25, 0.3) is 0 Å². The SMILES string of the molecule is CCOC(=O)C(=O)CC(=O)c1ccc(OCc2ccccc2)cc1O. The summed E-state index contributed by atoms with van der Waals surface area (Å²) in [5.41, 5.74) is 0.909. The number of carbonyl (C=O) groups is 3. The maximum Gasteiger partial charge on any atom is 0.375 e. The lowest BCUT2D eigenvalue weighted by molar-refractivity contribution is -0.153. The molecule has 0 bridgehead atoms. The van der Waals surface area contributed by atoms with Crippen molar-refractivity contribution in [1.29, 1.82) is 0 Å². The average Bonchev–Trinajstić information content (AvgIpc) is 2.61. The van der Waals surface area contributed by atoms with E-state index >= 15 is 0 Å². The largest absolute Gasteiger partial charge is 0.507 e. The Balaban J connectivity index is 1.99. The van der Waals surface area contributed by atoms with Gasteiger partial charge in [-0.3, -0.25) is 9.59 Å². The maximum atomic E-state index is 12.0. The summed E-state index contributed by atoms with van der Waals surface area (Å²) in [5.74, 6) is -2.60. The van der Waals surface area contributed by atoms with Gasteiger partial charge in [0.25, 0.3) is 0 Å². The van der Waals surface area contributed by atoms with Crippen molar-refractivity contribution in [3.63, 3.8) is 0 Å². The molecule has 6 nitrogen and oxygen atoms in total. The molecule has 130 valence electrons. The molecule has 0 aromatic heterocycles. The van der Waals surface area contributed by atoms with Gasteiger partial charge in [0, 0.05) is 6.07 Å². The summed E-state index contributed by atoms with van der Waals surface area (Å²) in [6, 6.07) is 13.6. The fraction of sp³-hybridized carbons (Fsp3) is 0.211. The first-order chi connectivity index (χ1) is 12.0. The lowest BCUT2D eigenvalue weighted by Crippen LogP contribution is -2.20. The number of Topliss-reactive ketones (excluding diaryl/α,β-unsaturated/α-hetero) is 2. The van der Waals surface area contributed by atoms with Crippen LogP contribution in [0.4, 0.5) is 0 Å². The van der Waals surface area contributed by atoms with Crippen molar-refractivity contribution in [3.8, 4) is 11.5 Å².